The highest BCUT2D eigenvalue weighted by atomic mass is 32.1. The van der Waals surface area contributed by atoms with Gasteiger partial charge in [0.15, 0.2) is 0 Å². The van der Waals surface area contributed by atoms with Gasteiger partial charge in [0.1, 0.15) is 0 Å². The molecule has 1 atom stereocenters. The van der Waals surface area contributed by atoms with Crippen molar-refractivity contribution in [1.82, 2.24) is 10.3 Å². The van der Waals surface area contributed by atoms with Crippen molar-refractivity contribution < 1.29 is 5.11 Å². The number of rotatable bonds is 5. The van der Waals surface area contributed by atoms with E-state index >= 15 is 0 Å². The molecule has 19 heavy (non-hydrogen) atoms. The van der Waals surface area contributed by atoms with Gasteiger partial charge in [0, 0.05) is 24.2 Å². The van der Waals surface area contributed by atoms with Crippen LogP contribution in [0.2, 0.25) is 0 Å². The van der Waals surface area contributed by atoms with Crippen molar-refractivity contribution in [2.45, 2.75) is 19.6 Å². The maximum absolute atomic E-state index is 10.0. The van der Waals surface area contributed by atoms with Gasteiger partial charge in [-0.1, -0.05) is 12.1 Å². The molecule has 0 amide bonds. The molecule has 4 nitrogen and oxygen atoms in total. The summed E-state index contributed by atoms with van der Waals surface area (Å²) in [6.07, 6.45) is 1.28. The summed E-state index contributed by atoms with van der Waals surface area (Å²) in [6.45, 7) is 3.15. The molecule has 1 heterocycles. The van der Waals surface area contributed by atoms with Gasteiger partial charge in [0.2, 0.25) is 0 Å². The number of hydrogen-bond acceptors (Lipinski definition) is 5. The zero-order valence-corrected chi connectivity index (χ0v) is 11.4. The van der Waals surface area contributed by atoms with Crippen LogP contribution in [-0.4, -0.2) is 16.6 Å². The van der Waals surface area contributed by atoms with Crippen molar-refractivity contribution in [2.75, 3.05) is 6.54 Å². The standard InChI is InChI=1S/C14H15N3OS/c1-10-17-8-13(19-10)7-16-9-14(18)12-4-2-11(6-15)3-5-12/h2-5,8,14,16,18H,7,9H2,1H3. The predicted molar refractivity (Wildman–Crippen MR) is 74.7 cm³/mol. The average Bonchev–Trinajstić information content (AvgIpc) is 2.84. The van der Waals surface area contributed by atoms with Crippen LogP contribution in [-0.2, 0) is 6.54 Å². The zero-order chi connectivity index (χ0) is 13.7. The van der Waals surface area contributed by atoms with Crippen molar-refractivity contribution in [3.63, 3.8) is 0 Å². The summed E-state index contributed by atoms with van der Waals surface area (Å²) in [5.74, 6) is 0. The maximum Gasteiger partial charge on any atom is 0.0991 e. The van der Waals surface area contributed by atoms with Crippen LogP contribution in [0, 0.1) is 18.3 Å². The van der Waals surface area contributed by atoms with Crippen molar-refractivity contribution in [3.05, 3.63) is 51.5 Å². The molecule has 0 saturated carbocycles. The summed E-state index contributed by atoms with van der Waals surface area (Å²) in [5.41, 5.74) is 1.41. The van der Waals surface area contributed by atoms with Gasteiger partial charge in [-0.05, 0) is 24.6 Å². The van der Waals surface area contributed by atoms with Crippen LogP contribution in [0.3, 0.4) is 0 Å². The van der Waals surface area contributed by atoms with Gasteiger partial charge in [-0.2, -0.15) is 5.26 Å². The molecule has 2 aromatic rings. The van der Waals surface area contributed by atoms with Crippen LogP contribution in [0.1, 0.15) is 27.1 Å². The first kappa shape index (κ1) is 13.7. The van der Waals surface area contributed by atoms with E-state index in [-0.39, 0.29) is 0 Å². The van der Waals surface area contributed by atoms with E-state index in [0.29, 0.717) is 18.7 Å². The van der Waals surface area contributed by atoms with Gasteiger partial charge >= 0.3 is 0 Å². The van der Waals surface area contributed by atoms with E-state index in [0.717, 1.165) is 15.4 Å². The maximum atomic E-state index is 10.0. The van der Waals surface area contributed by atoms with Crippen LogP contribution in [0.15, 0.2) is 30.5 Å². The van der Waals surface area contributed by atoms with Gasteiger partial charge in [0.25, 0.3) is 0 Å². The minimum absolute atomic E-state index is 0.475. The number of aliphatic hydroxyl groups is 1. The van der Waals surface area contributed by atoms with Crippen LogP contribution in [0.4, 0.5) is 0 Å². The largest absolute Gasteiger partial charge is 0.387 e. The van der Waals surface area contributed by atoms with E-state index in [2.05, 4.69) is 16.4 Å². The Kier molecular flexibility index (Phi) is 4.63. The predicted octanol–water partition coefficient (Wildman–Crippen LogP) is 2.15. The first-order valence-corrected chi connectivity index (χ1v) is 6.81. The molecule has 0 saturated heterocycles. The molecule has 0 bridgehead atoms. The third-order valence-corrected chi connectivity index (χ3v) is 3.64. The lowest BCUT2D eigenvalue weighted by molar-refractivity contribution is 0.174. The first-order valence-electron chi connectivity index (χ1n) is 5.99. The fraction of sp³-hybridized carbons (Fsp3) is 0.286. The highest BCUT2D eigenvalue weighted by Gasteiger charge is 2.07. The molecule has 1 aromatic carbocycles. The molecule has 0 radical (unpaired) electrons. The molecular formula is C14H15N3OS. The van der Waals surface area contributed by atoms with E-state index in [4.69, 9.17) is 5.26 Å². The lowest BCUT2D eigenvalue weighted by Gasteiger charge is -2.11. The molecule has 1 aromatic heterocycles. The lowest BCUT2D eigenvalue weighted by Crippen LogP contribution is -2.20. The monoisotopic (exact) mass is 273 g/mol. The van der Waals surface area contributed by atoms with E-state index in [1.807, 2.05) is 13.1 Å². The fourth-order valence-electron chi connectivity index (χ4n) is 1.72. The van der Waals surface area contributed by atoms with Crippen molar-refractivity contribution in [1.29, 1.82) is 5.26 Å². The lowest BCUT2D eigenvalue weighted by atomic mass is 10.1. The molecule has 2 N–H and O–H groups in total. The number of benzene rings is 1. The summed E-state index contributed by atoms with van der Waals surface area (Å²) in [7, 11) is 0. The Labute approximate surface area is 116 Å². The molecule has 0 spiro atoms. The first-order chi connectivity index (χ1) is 9.19. The summed E-state index contributed by atoms with van der Waals surface area (Å²) in [5, 5.41) is 23.0. The highest BCUT2D eigenvalue weighted by molar-refractivity contribution is 7.11. The van der Waals surface area contributed by atoms with Gasteiger partial charge in [-0.3, -0.25) is 0 Å². The quantitative estimate of drug-likeness (QED) is 0.875. The molecule has 1 unspecified atom stereocenters. The SMILES string of the molecule is Cc1ncc(CNCC(O)c2ccc(C#N)cc2)s1. The second-order valence-electron chi connectivity index (χ2n) is 4.23. The van der Waals surface area contributed by atoms with Crippen LogP contribution in [0.25, 0.3) is 0 Å². The Morgan fingerprint density at radius 3 is 2.74 bits per heavy atom. The molecule has 0 aliphatic rings. The van der Waals surface area contributed by atoms with Crippen LogP contribution >= 0.6 is 11.3 Å². The van der Waals surface area contributed by atoms with Gasteiger partial charge in [-0.15, -0.1) is 11.3 Å². The summed E-state index contributed by atoms with van der Waals surface area (Å²) < 4.78 is 0. The second-order valence-corrected chi connectivity index (χ2v) is 5.55. The van der Waals surface area contributed by atoms with Crippen LogP contribution < -0.4 is 5.32 Å². The minimum atomic E-state index is -0.568. The van der Waals surface area contributed by atoms with E-state index in [1.54, 1.807) is 35.6 Å². The summed E-state index contributed by atoms with van der Waals surface area (Å²) >= 11 is 1.65. The Morgan fingerprint density at radius 2 is 2.16 bits per heavy atom. The van der Waals surface area contributed by atoms with Gasteiger partial charge in [0.05, 0.1) is 22.7 Å². The number of nitrogens with one attached hydrogen (secondary N) is 1. The number of aromatic nitrogens is 1. The average molecular weight is 273 g/mol. The molecule has 0 fully saturated rings. The number of hydrogen-bond donors (Lipinski definition) is 2. The molecule has 0 aliphatic heterocycles. The van der Waals surface area contributed by atoms with E-state index in [1.165, 1.54) is 0 Å². The van der Waals surface area contributed by atoms with Crippen molar-refractivity contribution in [3.8, 4) is 6.07 Å². The van der Waals surface area contributed by atoms with Crippen molar-refractivity contribution >= 4 is 11.3 Å². The molecule has 0 aliphatic carbocycles. The third kappa shape index (κ3) is 3.86. The van der Waals surface area contributed by atoms with E-state index in [9.17, 15) is 5.11 Å². The topological polar surface area (TPSA) is 68.9 Å². The Morgan fingerprint density at radius 1 is 1.42 bits per heavy atom. The Bertz CT molecular complexity index is 571. The second kappa shape index (κ2) is 6.43. The molecule has 2 rings (SSSR count). The number of aliphatic hydroxyl groups excluding tert-OH is 1. The Balaban J connectivity index is 1.83. The Hall–Kier alpha value is -1.74. The number of thiazole rings is 1. The molecular weight excluding hydrogens is 258 g/mol. The third-order valence-electron chi connectivity index (χ3n) is 2.73. The van der Waals surface area contributed by atoms with Crippen molar-refractivity contribution in [2.24, 2.45) is 0 Å². The highest BCUT2D eigenvalue weighted by Crippen LogP contribution is 2.14. The molecule has 5 heteroatoms. The normalized spacial score (nSPS) is 12.1. The van der Waals surface area contributed by atoms with E-state index < -0.39 is 6.10 Å². The number of aryl methyl sites for hydroxylation is 1. The fourth-order valence-corrected chi connectivity index (χ4v) is 2.48. The summed E-state index contributed by atoms with van der Waals surface area (Å²) in [4.78, 5) is 5.33. The number of nitrogens with zero attached hydrogens (tertiary/aromatic N) is 2. The van der Waals surface area contributed by atoms with Crippen LogP contribution in [0.5, 0.6) is 0 Å². The smallest absolute Gasteiger partial charge is 0.0991 e. The molecule has 98 valence electrons. The number of nitriles is 1. The van der Waals surface area contributed by atoms with Gasteiger partial charge in [-0.25, -0.2) is 4.98 Å². The minimum Gasteiger partial charge on any atom is -0.387 e. The van der Waals surface area contributed by atoms with Gasteiger partial charge < -0.3 is 10.4 Å². The summed E-state index contributed by atoms with van der Waals surface area (Å²) in [6, 6.07) is 9.04. The zero-order valence-electron chi connectivity index (χ0n) is 10.6.